The topological polar surface area (TPSA) is 80.7 Å². The Kier molecular flexibility index (Phi) is 23.7. The smallest absolute Gasteiger partial charge is 0.178 e. The Morgan fingerprint density at radius 3 is 2.36 bits per heavy atom. The number of hydrogen-bond donors (Lipinski definition) is 2. The predicted octanol–water partition coefficient (Wildman–Crippen LogP) is 8.95. The van der Waals surface area contributed by atoms with Crippen LogP contribution in [0.25, 0.3) is 0 Å². The molecule has 1 unspecified atom stereocenters. The number of ketones is 1. The molecule has 6 heteroatoms. The number of aryl methyl sites for hydroxylation is 1. The summed E-state index contributed by atoms with van der Waals surface area (Å²) >= 11 is 0. The number of aliphatic hydroxyl groups is 1. The predicted molar refractivity (Wildman–Crippen MR) is 187 cm³/mol. The maximum absolute atomic E-state index is 11.1. The fourth-order valence-corrected chi connectivity index (χ4v) is 4.41. The molecule has 0 aromatic carbocycles. The number of nitrogens with one attached hydrogen (secondary N) is 1. The molecule has 1 aromatic rings. The summed E-state index contributed by atoms with van der Waals surface area (Å²) in [5.74, 6) is 3.08. The van der Waals surface area contributed by atoms with Crippen molar-refractivity contribution in [1.82, 2.24) is 10.3 Å². The van der Waals surface area contributed by atoms with Crippen LogP contribution in [0, 0.1) is 11.8 Å². The Hall–Kier alpha value is -2.96. The molecule has 1 aliphatic rings. The summed E-state index contributed by atoms with van der Waals surface area (Å²) in [6.45, 7) is 19.4. The van der Waals surface area contributed by atoms with Crippen molar-refractivity contribution in [1.29, 1.82) is 0 Å². The van der Waals surface area contributed by atoms with Crippen LogP contribution in [0.1, 0.15) is 109 Å². The third kappa shape index (κ3) is 18.0. The first-order valence-electron chi connectivity index (χ1n) is 16.6. The highest BCUT2D eigenvalue weighted by Gasteiger charge is 2.23. The number of carbonyl (C=O) groups excluding carboxylic acids is 1. The largest absolute Gasteiger partial charge is 0.493 e. The fraction of sp³-hybridized carbons (Fsp3) is 0.579. The van der Waals surface area contributed by atoms with Gasteiger partial charge in [0.25, 0.3) is 0 Å². The Balaban J connectivity index is 0.000000877. The molecule has 0 saturated heterocycles. The summed E-state index contributed by atoms with van der Waals surface area (Å²) in [6, 6.07) is 3.66. The lowest BCUT2D eigenvalue weighted by Crippen LogP contribution is -2.23. The first kappa shape index (κ1) is 41.0. The summed E-state index contributed by atoms with van der Waals surface area (Å²) in [6.07, 6.45) is 20.4. The van der Waals surface area contributed by atoms with Crippen molar-refractivity contribution in [2.45, 2.75) is 106 Å². The molecule has 2 N–H and O–H groups in total. The van der Waals surface area contributed by atoms with Gasteiger partial charge in [-0.1, -0.05) is 72.3 Å². The molecular weight excluding hydrogens is 548 g/mol. The van der Waals surface area contributed by atoms with Crippen molar-refractivity contribution in [3.63, 3.8) is 0 Å². The second kappa shape index (κ2) is 25.4. The molecule has 0 spiro atoms. The zero-order valence-corrected chi connectivity index (χ0v) is 29.2. The van der Waals surface area contributed by atoms with Gasteiger partial charge in [-0.15, -0.1) is 0 Å². The summed E-state index contributed by atoms with van der Waals surface area (Å²) in [4.78, 5) is 15.1. The van der Waals surface area contributed by atoms with Gasteiger partial charge in [0.15, 0.2) is 17.3 Å². The van der Waals surface area contributed by atoms with Crippen molar-refractivity contribution in [2.75, 3.05) is 27.3 Å². The van der Waals surface area contributed by atoms with Gasteiger partial charge in [0.05, 0.1) is 13.2 Å². The van der Waals surface area contributed by atoms with Crippen molar-refractivity contribution in [3.05, 3.63) is 89.2 Å². The molecule has 1 aliphatic carbocycles. The number of pyridine rings is 1. The van der Waals surface area contributed by atoms with E-state index in [0.717, 1.165) is 47.8 Å². The maximum atomic E-state index is 11.1. The van der Waals surface area contributed by atoms with Crippen LogP contribution in [-0.4, -0.2) is 49.3 Å². The van der Waals surface area contributed by atoms with Crippen LogP contribution < -0.4 is 5.32 Å². The van der Waals surface area contributed by atoms with E-state index in [0.29, 0.717) is 31.2 Å². The standard InChI is InChI=1S/C24H38O2.C12H18N2O2.C2H6/c1-7-11-24(23(25-6)17-13-20(8-2)9-3)26-18-19(5)12-14-21(10-4)22-15-16-22;1-9(15)12-7-10(5-6-14-12)3-4-11(16)8-13-2;1-2/h10-12,14,17,20,22H,5,7-9,13,15-16,18H2,1-4,6H3;5-7,11,13,16H,3-4,8H2,1-2H3;1-2H3/b14-12-,21-10+,23-17+,24-11+;;. The van der Waals surface area contributed by atoms with Gasteiger partial charge in [0.1, 0.15) is 12.3 Å². The number of aliphatic hydroxyl groups excluding tert-OH is 1. The molecular formula is C38H62N2O4. The van der Waals surface area contributed by atoms with Crippen LogP contribution in [0.3, 0.4) is 0 Å². The Labute approximate surface area is 269 Å². The number of ether oxygens (including phenoxy) is 2. The highest BCUT2D eigenvalue weighted by atomic mass is 16.5. The number of allylic oxidation sites excluding steroid dienone is 5. The van der Waals surface area contributed by atoms with E-state index in [2.05, 4.69) is 75.0 Å². The van der Waals surface area contributed by atoms with Gasteiger partial charge < -0.3 is 19.9 Å². The number of carbonyl (C=O) groups is 1. The van der Waals surface area contributed by atoms with Crippen molar-refractivity contribution in [3.8, 4) is 0 Å². The van der Waals surface area contributed by atoms with E-state index in [-0.39, 0.29) is 11.9 Å². The number of methoxy groups -OCH3 is 1. The Bertz CT molecular complexity index is 1060. The molecule has 1 saturated carbocycles. The average molecular weight is 611 g/mol. The number of likely N-dealkylation sites (N-methyl/N-ethyl adjacent to an activating group) is 1. The van der Waals surface area contributed by atoms with Gasteiger partial charge in [0.2, 0.25) is 0 Å². The summed E-state index contributed by atoms with van der Waals surface area (Å²) in [5.41, 5.74) is 3.91. The van der Waals surface area contributed by atoms with Gasteiger partial charge in [0, 0.05) is 19.7 Å². The fourth-order valence-electron chi connectivity index (χ4n) is 4.41. The normalized spacial score (nSPS) is 14.4. The highest BCUT2D eigenvalue weighted by Crippen LogP contribution is 2.37. The van der Waals surface area contributed by atoms with E-state index < -0.39 is 0 Å². The molecule has 1 fully saturated rings. The quantitative estimate of drug-likeness (QED) is 0.0925. The Morgan fingerprint density at radius 2 is 1.84 bits per heavy atom. The van der Waals surface area contributed by atoms with Crippen LogP contribution >= 0.6 is 0 Å². The molecule has 0 aliphatic heterocycles. The van der Waals surface area contributed by atoms with Gasteiger partial charge >= 0.3 is 0 Å². The molecule has 6 nitrogen and oxygen atoms in total. The maximum Gasteiger partial charge on any atom is 0.178 e. The van der Waals surface area contributed by atoms with Crippen LogP contribution in [-0.2, 0) is 15.9 Å². The SMILES string of the molecule is C=C(/C=C\C(=C/C)C1CC1)COC(=C/CC)/C(=C\CC(CC)CC)OC.CC.CNCC(O)CCc1ccnc(C(C)=O)c1. The zero-order chi connectivity index (χ0) is 33.3. The van der Waals surface area contributed by atoms with Crippen molar-refractivity contribution >= 4 is 5.78 Å². The first-order valence-corrected chi connectivity index (χ1v) is 16.6. The first-order chi connectivity index (χ1) is 21.2. The molecule has 44 heavy (non-hydrogen) atoms. The van der Waals surface area contributed by atoms with Crippen molar-refractivity contribution in [2.24, 2.45) is 11.8 Å². The minimum absolute atomic E-state index is 0.0300. The van der Waals surface area contributed by atoms with E-state index in [1.165, 1.54) is 38.2 Å². The minimum atomic E-state index is -0.348. The zero-order valence-electron chi connectivity index (χ0n) is 29.2. The third-order valence-corrected chi connectivity index (χ3v) is 7.34. The van der Waals surface area contributed by atoms with E-state index in [1.54, 1.807) is 19.4 Å². The van der Waals surface area contributed by atoms with E-state index >= 15 is 0 Å². The van der Waals surface area contributed by atoms with E-state index in [9.17, 15) is 9.90 Å². The molecule has 0 radical (unpaired) electrons. The summed E-state index contributed by atoms with van der Waals surface area (Å²) in [5, 5.41) is 12.5. The van der Waals surface area contributed by atoms with Crippen LogP contribution in [0.5, 0.6) is 0 Å². The third-order valence-electron chi connectivity index (χ3n) is 7.34. The van der Waals surface area contributed by atoms with Crippen LogP contribution in [0.2, 0.25) is 0 Å². The average Bonchev–Trinajstić information content (AvgIpc) is 3.88. The molecule has 248 valence electrons. The molecule has 2 rings (SSSR count). The van der Waals surface area contributed by atoms with Gasteiger partial charge in [-0.2, -0.15) is 0 Å². The van der Waals surface area contributed by atoms with Crippen LogP contribution in [0.4, 0.5) is 0 Å². The molecule has 0 bridgehead atoms. The second-order valence-electron chi connectivity index (χ2n) is 10.9. The van der Waals surface area contributed by atoms with Gasteiger partial charge in [-0.05, 0) is 105 Å². The van der Waals surface area contributed by atoms with Crippen molar-refractivity contribution < 1.29 is 19.4 Å². The van der Waals surface area contributed by atoms with E-state index in [4.69, 9.17) is 9.47 Å². The van der Waals surface area contributed by atoms with Gasteiger partial charge in [-0.3, -0.25) is 9.78 Å². The second-order valence-corrected chi connectivity index (χ2v) is 10.9. The number of Topliss-reactive ketones (excluding diaryl/α,β-unsaturated/α-hetero) is 1. The Morgan fingerprint density at radius 1 is 1.16 bits per heavy atom. The van der Waals surface area contributed by atoms with E-state index in [1.807, 2.05) is 27.0 Å². The molecule has 1 atom stereocenters. The number of aromatic nitrogens is 1. The minimum Gasteiger partial charge on any atom is -0.493 e. The summed E-state index contributed by atoms with van der Waals surface area (Å²) < 4.78 is 11.6. The number of rotatable bonds is 19. The lowest BCUT2D eigenvalue weighted by atomic mass is 9.99. The number of hydrogen-bond acceptors (Lipinski definition) is 6. The van der Waals surface area contributed by atoms with Gasteiger partial charge in [-0.25, -0.2) is 0 Å². The van der Waals surface area contributed by atoms with Crippen LogP contribution in [0.15, 0.2) is 78.0 Å². The highest BCUT2D eigenvalue weighted by molar-refractivity contribution is 5.92. The molecule has 1 aromatic heterocycles. The molecule has 0 amide bonds. The monoisotopic (exact) mass is 610 g/mol. The molecule has 1 heterocycles. The number of nitrogens with zero attached hydrogens (tertiary/aromatic N) is 1. The summed E-state index contributed by atoms with van der Waals surface area (Å²) in [7, 11) is 3.53. The lowest BCUT2D eigenvalue weighted by Gasteiger charge is -2.15. The lowest BCUT2D eigenvalue weighted by molar-refractivity contribution is 0.101.